The van der Waals surface area contributed by atoms with E-state index in [1.807, 2.05) is 43.3 Å². The molecule has 4 aromatic heterocycles. The number of imidazole rings is 1. The van der Waals surface area contributed by atoms with Gasteiger partial charge in [-0.15, -0.1) is 54.1 Å². The van der Waals surface area contributed by atoms with Gasteiger partial charge in [0, 0.05) is 48.5 Å². The van der Waals surface area contributed by atoms with Crippen molar-refractivity contribution in [2.24, 2.45) is 5.92 Å². The van der Waals surface area contributed by atoms with E-state index in [1.54, 1.807) is 0 Å². The molecule has 0 aliphatic heterocycles. The van der Waals surface area contributed by atoms with E-state index in [4.69, 9.17) is 9.40 Å². The van der Waals surface area contributed by atoms with Crippen LogP contribution in [-0.2, 0) is 31.9 Å². The molecule has 7 heteroatoms. The Kier molecular flexibility index (Phi) is 11.5. The van der Waals surface area contributed by atoms with Gasteiger partial charge in [0.1, 0.15) is 0 Å². The summed E-state index contributed by atoms with van der Waals surface area (Å²) in [6, 6.07) is 46.7. The Balaban J connectivity index is 0.000000208. The molecule has 0 N–H and O–H groups in total. The molecule has 0 spiro atoms. The number of furan rings is 1. The molecule has 295 valence electrons. The SMILES string of the molecule is CC(C)Cc1cc(-c2[c-]cccc2)ncc1[Si](C)(C)C.Cc1ccc2c(n1)oc1c(-c3nc4c5ccccc5ccc4n3-c3ccc(C(C)(C)C)cc3)[c-]ccc12.[Ir]. The van der Waals surface area contributed by atoms with Crippen LogP contribution in [0.4, 0.5) is 0 Å². The minimum atomic E-state index is -1.34. The average molecular weight is 955 g/mol. The van der Waals surface area contributed by atoms with E-state index in [2.05, 4.69) is 166 Å². The topological polar surface area (TPSA) is 56.7 Å². The van der Waals surface area contributed by atoms with Crippen LogP contribution in [0.2, 0.25) is 19.6 Å². The van der Waals surface area contributed by atoms with Crippen molar-refractivity contribution in [2.45, 2.75) is 73.0 Å². The normalized spacial score (nSPS) is 12.0. The van der Waals surface area contributed by atoms with Crippen LogP contribution in [0.5, 0.6) is 0 Å². The number of aryl methyl sites for hydroxylation is 1. The van der Waals surface area contributed by atoms with E-state index < -0.39 is 8.07 Å². The first kappa shape index (κ1) is 41.0. The van der Waals surface area contributed by atoms with Crippen molar-refractivity contribution in [3.8, 4) is 28.3 Å². The summed E-state index contributed by atoms with van der Waals surface area (Å²) in [6.45, 7) is 20.4. The Bertz CT molecular complexity index is 2880. The summed E-state index contributed by atoms with van der Waals surface area (Å²) >= 11 is 0. The number of hydrogen-bond donors (Lipinski definition) is 0. The molecule has 0 aliphatic rings. The van der Waals surface area contributed by atoms with E-state index in [0.29, 0.717) is 11.6 Å². The summed E-state index contributed by atoms with van der Waals surface area (Å²) < 4.78 is 8.59. The van der Waals surface area contributed by atoms with Crippen molar-refractivity contribution in [3.05, 3.63) is 150 Å². The Morgan fingerprint density at radius 3 is 2.24 bits per heavy atom. The molecule has 0 fully saturated rings. The van der Waals surface area contributed by atoms with Gasteiger partial charge in [-0.2, -0.15) is 0 Å². The third-order valence-corrected chi connectivity index (χ3v) is 12.7. The first-order valence-corrected chi connectivity index (χ1v) is 23.4. The summed E-state index contributed by atoms with van der Waals surface area (Å²) in [5, 5.41) is 5.80. The molecule has 0 amide bonds. The van der Waals surface area contributed by atoms with E-state index >= 15 is 0 Å². The predicted molar refractivity (Wildman–Crippen MR) is 241 cm³/mol. The molecule has 0 atom stereocenters. The number of nitrogens with zero attached hydrogens (tertiary/aromatic N) is 4. The molecule has 0 bridgehead atoms. The van der Waals surface area contributed by atoms with Gasteiger partial charge in [0.15, 0.2) is 0 Å². The molecular formula is C51H50IrN4OSi-2. The van der Waals surface area contributed by atoms with E-state index in [1.165, 1.54) is 21.7 Å². The number of hydrogen-bond acceptors (Lipinski definition) is 4. The zero-order valence-corrected chi connectivity index (χ0v) is 38.3. The van der Waals surface area contributed by atoms with Crippen molar-refractivity contribution in [1.29, 1.82) is 0 Å². The minimum Gasteiger partial charge on any atom is -0.486 e. The van der Waals surface area contributed by atoms with Gasteiger partial charge in [0.05, 0.1) is 30.5 Å². The number of fused-ring (bicyclic) bond motifs is 6. The number of rotatable bonds is 6. The maximum atomic E-state index is 6.36. The van der Waals surface area contributed by atoms with Gasteiger partial charge in [-0.3, -0.25) is 4.98 Å². The largest absolute Gasteiger partial charge is 0.486 e. The maximum Gasteiger partial charge on any atom is 0.216 e. The van der Waals surface area contributed by atoms with Crippen molar-refractivity contribution in [2.75, 3.05) is 0 Å². The first-order valence-electron chi connectivity index (χ1n) is 19.9. The fourth-order valence-corrected chi connectivity index (χ4v) is 9.30. The van der Waals surface area contributed by atoms with Crippen molar-refractivity contribution in [3.63, 3.8) is 0 Å². The van der Waals surface area contributed by atoms with Crippen molar-refractivity contribution in [1.82, 2.24) is 19.5 Å². The van der Waals surface area contributed by atoms with E-state index in [-0.39, 0.29) is 25.5 Å². The minimum absolute atomic E-state index is 0. The zero-order chi connectivity index (χ0) is 40.1. The Morgan fingerprint density at radius 1 is 0.776 bits per heavy atom. The van der Waals surface area contributed by atoms with Gasteiger partial charge in [0.2, 0.25) is 5.71 Å². The van der Waals surface area contributed by atoms with E-state index in [0.717, 1.165) is 73.2 Å². The van der Waals surface area contributed by atoms with Crippen LogP contribution in [0, 0.1) is 25.0 Å². The summed E-state index contributed by atoms with van der Waals surface area (Å²) in [7, 11) is -1.34. The molecule has 0 aliphatic carbocycles. The standard InChI is InChI=1S/C33H26N3O.C18H24NSi.Ir/c1-20-12-18-26-25-10-7-11-27(30(25)37-32(26)34-20)31-35-29-24-9-6-5-8-21(24)13-19-28(29)36(31)23-16-14-22(15-17-23)33(2,3)4;1-14(2)11-16-12-17(15-9-7-6-8-10-15)19-13-18(16)20(3,4)5;/h5-10,12-19H,1-4H3;6-9,12-14H,11H2,1-5H3;/q2*-1;. The van der Waals surface area contributed by atoms with Crippen LogP contribution >= 0.6 is 0 Å². The van der Waals surface area contributed by atoms with Crippen molar-refractivity contribution < 1.29 is 24.5 Å². The molecule has 4 heterocycles. The molecule has 0 saturated carbocycles. The quantitative estimate of drug-likeness (QED) is 0.123. The maximum absolute atomic E-state index is 6.36. The summed E-state index contributed by atoms with van der Waals surface area (Å²) in [4.78, 5) is 14.6. The molecule has 0 unspecified atom stereocenters. The first-order chi connectivity index (χ1) is 27.3. The molecule has 9 aromatic rings. The molecule has 1 radical (unpaired) electrons. The second-order valence-corrected chi connectivity index (χ2v) is 22.6. The average Bonchev–Trinajstić information content (AvgIpc) is 3.76. The van der Waals surface area contributed by atoms with Gasteiger partial charge in [-0.25, -0.2) is 4.98 Å². The Hall–Kier alpha value is -5.20. The second-order valence-electron chi connectivity index (χ2n) is 17.6. The molecule has 5 nitrogen and oxygen atoms in total. The van der Waals surface area contributed by atoms with Crippen LogP contribution in [0.3, 0.4) is 0 Å². The van der Waals surface area contributed by atoms with Crippen LogP contribution in [0.25, 0.3) is 72.2 Å². The van der Waals surface area contributed by atoms with Gasteiger partial charge in [-0.1, -0.05) is 119 Å². The van der Waals surface area contributed by atoms with Crippen LogP contribution in [0.15, 0.2) is 126 Å². The molecule has 9 rings (SSSR count). The third-order valence-electron chi connectivity index (χ3n) is 10.6. The van der Waals surface area contributed by atoms with E-state index in [9.17, 15) is 0 Å². The third kappa shape index (κ3) is 8.09. The summed E-state index contributed by atoms with van der Waals surface area (Å²) in [5.74, 6) is 1.47. The van der Waals surface area contributed by atoms with Crippen LogP contribution in [-0.4, -0.2) is 27.6 Å². The van der Waals surface area contributed by atoms with Crippen LogP contribution in [0.1, 0.15) is 51.4 Å². The van der Waals surface area contributed by atoms with Gasteiger partial charge in [-0.05, 0) is 76.8 Å². The monoisotopic (exact) mass is 955 g/mol. The van der Waals surface area contributed by atoms with Gasteiger partial charge in [0.25, 0.3) is 0 Å². The van der Waals surface area contributed by atoms with Gasteiger partial charge >= 0.3 is 0 Å². The Labute approximate surface area is 357 Å². The fraction of sp³-hybridized carbons (Fsp3) is 0.235. The smallest absolute Gasteiger partial charge is 0.216 e. The van der Waals surface area contributed by atoms with Crippen LogP contribution < -0.4 is 5.19 Å². The van der Waals surface area contributed by atoms with Crippen molar-refractivity contribution >= 4 is 57.1 Å². The summed E-state index contributed by atoms with van der Waals surface area (Å²) in [6.07, 6.45) is 3.24. The Morgan fingerprint density at radius 2 is 1.53 bits per heavy atom. The second kappa shape index (κ2) is 16.2. The zero-order valence-electron chi connectivity index (χ0n) is 34.9. The van der Waals surface area contributed by atoms with Gasteiger partial charge < -0.3 is 14.0 Å². The molecular weight excluding hydrogens is 905 g/mol. The number of aromatic nitrogens is 4. The number of pyridine rings is 2. The molecule has 5 aromatic carbocycles. The number of benzene rings is 5. The molecule has 58 heavy (non-hydrogen) atoms. The summed E-state index contributed by atoms with van der Waals surface area (Å²) in [5.41, 5.74) is 11.2. The predicted octanol–water partition coefficient (Wildman–Crippen LogP) is 12.8. The molecule has 0 saturated heterocycles. The fourth-order valence-electron chi connectivity index (χ4n) is 7.71.